The topological polar surface area (TPSA) is 32.3 Å². The Morgan fingerprint density at radius 1 is 1.57 bits per heavy atom. The van der Waals surface area contributed by atoms with Gasteiger partial charge in [-0.3, -0.25) is 0 Å². The number of aliphatic hydroxyl groups is 1. The second-order valence-corrected chi connectivity index (χ2v) is 4.58. The Hall–Kier alpha value is -0.730. The summed E-state index contributed by atoms with van der Waals surface area (Å²) in [6.45, 7) is 2.18. The van der Waals surface area contributed by atoms with Gasteiger partial charge in [0.2, 0.25) is 0 Å². The highest BCUT2D eigenvalue weighted by molar-refractivity contribution is 6.30. The molecule has 0 saturated heterocycles. The van der Waals surface area contributed by atoms with Gasteiger partial charge in [0.15, 0.2) is 0 Å². The number of halogens is 1. The zero-order chi connectivity index (χ0) is 10.2. The minimum Gasteiger partial charge on any atom is -0.394 e. The monoisotopic (exact) mass is 211 g/mol. The van der Waals surface area contributed by atoms with Crippen molar-refractivity contribution in [3.63, 3.8) is 0 Å². The van der Waals surface area contributed by atoms with Crippen LogP contribution in [0.3, 0.4) is 0 Å². The number of aryl methyl sites for hydroxylation is 1. The van der Waals surface area contributed by atoms with Crippen molar-refractivity contribution in [2.45, 2.75) is 25.3 Å². The van der Waals surface area contributed by atoms with E-state index in [-0.39, 0.29) is 12.1 Å². The molecule has 2 rings (SSSR count). The van der Waals surface area contributed by atoms with Crippen molar-refractivity contribution < 1.29 is 5.11 Å². The van der Waals surface area contributed by atoms with Crippen LogP contribution in [0.4, 0.5) is 5.69 Å². The van der Waals surface area contributed by atoms with Gasteiger partial charge in [-0.05, 0) is 37.5 Å². The van der Waals surface area contributed by atoms with Crippen LogP contribution in [-0.4, -0.2) is 17.3 Å². The maximum absolute atomic E-state index is 9.25. The van der Waals surface area contributed by atoms with E-state index in [0.29, 0.717) is 0 Å². The van der Waals surface area contributed by atoms with Crippen molar-refractivity contribution in [2.24, 2.45) is 0 Å². The van der Waals surface area contributed by atoms with Crippen molar-refractivity contribution in [3.05, 3.63) is 28.8 Å². The first-order valence-electron chi connectivity index (χ1n) is 4.80. The van der Waals surface area contributed by atoms with E-state index in [1.807, 2.05) is 25.1 Å². The van der Waals surface area contributed by atoms with Crippen LogP contribution in [0.25, 0.3) is 0 Å². The molecule has 1 aromatic rings. The molecule has 14 heavy (non-hydrogen) atoms. The van der Waals surface area contributed by atoms with Crippen LogP contribution in [0, 0.1) is 0 Å². The Kier molecular flexibility index (Phi) is 2.41. The lowest BCUT2D eigenvalue weighted by molar-refractivity contribution is 0.212. The Balaban J connectivity index is 2.33. The molecule has 1 aliphatic rings. The third-order valence-electron chi connectivity index (χ3n) is 2.80. The van der Waals surface area contributed by atoms with Gasteiger partial charge in [-0.15, -0.1) is 0 Å². The van der Waals surface area contributed by atoms with E-state index >= 15 is 0 Å². The maximum atomic E-state index is 9.25. The zero-order valence-corrected chi connectivity index (χ0v) is 8.93. The molecule has 1 aromatic carbocycles. The highest BCUT2D eigenvalue weighted by Crippen LogP contribution is 2.32. The van der Waals surface area contributed by atoms with Crippen molar-refractivity contribution in [3.8, 4) is 0 Å². The minimum absolute atomic E-state index is 0.152. The molecular formula is C11H14ClNO. The fourth-order valence-electron chi connectivity index (χ4n) is 1.80. The Bertz CT molecular complexity index is 353. The molecule has 0 aliphatic carbocycles. The van der Waals surface area contributed by atoms with Crippen LogP contribution >= 0.6 is 11.6 Å². The smallest absolute Gasteiger partial charge is 0.0658 e. The van der Waals surface area contributed by atoms with Crippen LogP contribution in [0.1, 0.15) is 18.9 Å². The number of anilines is 1. The number of rotatable bonds is 1. The van der Waals surface area contributed by atoms with Gasteiger partial charge < -0.3 is 10.4 Å². The van der Waals surface area contributed by atoms with Crippen LogP contribution < -0.4 is 5.32 Å². The van der Waals surface area contributed by atoms with Crippen molar-refractivity contribution in [1.82, 2.24) is 0 Å². The highest BCUT2D eigenvalue weighted by Gasteiger charge is 2.28. The van der Waals surface area contributed by atoms with Gasteiger partial charge in [0, 0.05) is 10.7 Å². The second-order valence-electron chi connectivity index (χ2n) is 4.15. The molecule has 0 amide bonds. The quantitative estimate of drug-likeness (QED) is 0.748. The van der Waals surface area contributed by atoms with Crippen LogP contribution in [0.2, 0.25) is 5.02 Å². The molecule has 0 saturated carbocycles. The van der Waals surface area contributed by atoms with E-state index in [9.17, 15) is 5.11 Å². The molecule has 1 aliphatic heterocycles. The second kappa shape index (κ2) is 3.44. The first-order chi connectivity index (χ1) is 6.63. The van der Waals surface area contributed by atoms with E-state index in [1.54, 1.807) is 0 Å². The van der Waals surface area contributed by atoms with E-state index in [0.717, 1.165) is 23.6 Å². The summed E-state index contributed by atoms with van der Waals surface area (Å²) in [5, 5.41) is 13.3. The molecule has 1 heterocycles. The predicted octanol–water partition coefficient (Wildman–Crippen LogP) is 2.45. The SMILES string of the molecule is CC1(CO)CCc2ccc(Cl)cc2N1. The molecule has 0 aromatic heterocycles. The minimum atomic E-state index is -0.197. The van der Waals surface area contributed by atoms with Crippen LogP contribution in [-0.2, 0) is 6.42 Å². The fourth-order valence-corrected chi connectivity index (χ4v) is 1.97. The summed E-state index contributed by atoms with van der Waals surface area (Å²) < 4.78 is 0. The summed E-state index contributed by atoms with van der Waals surface area (Å²) in [4.78, 5) is 0. The molecular weight excluding hydrogens is 198 g/mol. The van der Waals surface area contributed by atoms with Gasteiger partial charge in [0.25, 0.3) is 0 Å². The van der Waals surface area contributed by atoms with Gasteiger partial charge in [-0.2, -0.15) is 0 Å². The number of hydrogen-bond donors (Lipinski definition) is 2. The maximum Gasteiger partial charge on any atom is 0.0658 e. The largest absolute Gasteiger partial charge is 0.394 e. The molecule has 76 valence electrons. The molecule has 1 unspecified atom stereocenters. The number of hydrogen-bond acceptors (Lipinski definition) is 2. The molecule has 0 spiro atoms. The molecule has 1 atom stereocenters. The average molecular weight is 212 g/mol. The third-order valence-corrected chi connectivity index (χ3v) is 3.04. The first-order valence-corrected chi connectivity index (χ1v) is 5.18. The number of aliphatic hydroxyl groups excluding tert-OH is 1. The van der Waals surface area contributed by atoms with Gasteiger partial charge in [-0.25, -0.2) is 0 Å². The standard InChI is InChI=1S/C11H14ClNO/c1-11(7-14)5-4-8-2-3-9(12)6-10(8)13-11/h2-3,6,13-14H,4-5,7H2,1H3. The Morgan fingerprint density at radius 3 is 3.07 bits per heavy atom. The number of nitrogens with one attached hydrogen (secondary N) is 1. The lowest BCUT2D eigenvalue weighted by Crippen LogP contribution is -2.42. The Labute approximate surface area is 88.9 Å². The summed E-state index contributed by atoms with van der Waals surface area (Å²) in [5.41, 5.74) is 2.14. The summed E-state index contributed by atoms with van der Waals surface area (Å²) in [6, 6.07) is 5.87. The van der Waals surface area contributed by atoms with Crippen LogP contribution in [0.5, 0.6) is 0 Å². The van der Waals surface area contributed by atoms with Crippen molar-refractivity contribution in [1.29, 1.82) is 0 Å². The van der Waals surface area contributed by atoms with E-state index in [1.165, 1.54) is 5.56 Å². The fraction of sp³-hybridized carbons (Fsp3) is 0.455. The summed E-state index contributed by atoms with van der Waals surface area (Å²) >= 11 is 5.91. The zero-order valence-electron chi connectivity index (χ0n) is 8.18. The normalized spacial score (nSPS) is 25.4. The Morgan fingerprint density at radius 2 is 2.36 bits per heavy atom. The van der Waals surface area contributed by atoms with E-state index in [4.69, 9.17) is 11.6 Å². The summed E-state index contributed by atoms with van der Waals surface area (Å²) in [5.74, 6) is 0. The third kappa shape index (κ3) is 1.72. The van der Waals surface area contributed by atoms with Gasteiger partial charge >= 0.3 is 0 Å². The molecule has 0 radical (unpaired) electrons. The lowest BCUT2D eigenvalue weighted by atomic mass is 9.88. The molecule has 2 nitrogen and oxygen atoms in total. The van der Waals surface area contributed by atoms with Crippen molar-refractivity contribution >= 4 is 17.3 Å². The van der Waals surface area contributed by atoms with Crippen LogP contribution in [0.15, 0.2) is 18.2 Å². The molecule has 2 N–H and O–H groups in total. The summed E-state index contributed by atoms with van der Waals surface area (Å²) in [6.07, 6.45) is 1.95. The van der Waals surface area contributed by atoms with Gasteiger partial charge in [0.05, 0.1) is 12.1 Å². The lowest BCUT2D eigenvalue weighted by Gasteiger charge is -2.35. The van der Waals surface area contributed by atoms with E-state index < -0.39 is 0 Å². The average Bonchev–Trinajstić information content (AvgIpc) is 2.17. The van der Waals surface area contributed by atoms with Gasteiger partial charge in [-0.1, -0.05) is 17.7 Å². The first kappa shape index (κ1) is 9.81. The number of fused-ring (bicyclic) bond motifs is 1. The van der Waals surface area contributed by atoms with Gasteiger partial charge in [0.1, 0.15) is 0 Å². The summed E-state index contributed by atoms with van der Waals surface area (Å²) in [7, 11) is 0. The predicted molar refractivity (Wildman–Crippen MR) is 58.9 cm³/mol. The molecule has 0 bridgehead atoms. The molecule has 0 fully saturated rings. The number of benzene rings is 1. The van der Waals surface area contributed by atoms with Crippen molar-refractivity contribution in [2.75, 3.05) is 11.9 Å². The van der Waals surface area contributed by atoms with E-state index in [2.05, 4.69) is 5.32 Å². The molecule has 3 heteroatoms. The highest BCUT2D eigenvalue weighted by atomic mass is 35.5.